The maximum atomic E-state index is 12.3. The van der Waals surface area contributed by atoms with Gasteiger partial charge in [0, 0.05) is 37.9 Å². The number of likely N-dealkylation sites (N-methyl/N-ethyl adjacent to an activating group) is 1. The van der Waals surface area contributed by atoms with Crippen LogP contribution in [0.4, 0.5) is 11.4 Å². The second-order valence-electron chi connectivity index (χ2n) is 7.42. The third-order valence-corrected chi connectivity index (χ3v) is 5.89. The number of piperidine rings is 1. The van der Waals surface area contributed by atoms with Crippen LogP contribution in [0.5, 0.6) is 0 Å². The van der Waals surface area contributed by atoms with Gasteiger partial charge in [-0.3, -0.25) is 4.79 Å². The number of aromatic nitrogens is 2. The summed E-state index contributed by atoms with van der Waals surface area (Å²) in [5.74, 6) is 0.677. The molecule has 1 aliphatic heterocycles. The largest absolute Gasteiger partial charge is 0.368 e. The molecule has 0 bridgehead atoms. The Kier molecular flexibility index (Phi) is 5.18. The van der Waals surface area contributed by atoms with Crippen molar-refractivity contribution in [2.24, 2.45) is 5.92 Å². The summed E-state index contributed by atoms with van der Waals surface area (Å²) < 4.78 is 0.972. The fourth-order valence-electron chi connectivity index (χ4n) is 3.88. The van der Waals surface area contributed by atoms with Gasteiger partial charge in [0.25, 0.3) is 0 Å². The van der Waals surface area contributed by atoms with Crippen molar-refractivity contribution in [3.8, 4) is 0 Å². The van der Waals surface area contributed by atoms with E-state index in [1.165, 1.54) is 19.3 Å². The average Bonchev–Trinajstić information content (AvgIpc) is 3.35. The van der Waals surface area contributed by atoms with Gasteiger partial charge in [-0.25, -0.2) is 4.98 Å². The normalized spacial score (nSPS) is 20.5. The van der Waals surface area contributed by atoms with Gasteiger partial charge >= 0.3 is 0 Å². The monoisotopic (exact) mass is 419 g/mol. The van der Waals surface area contributed by atoms with E-state index in [4.69, 9.17) is 0 Å². The molecule has 2 fully saturated rings. The molecule has 1 amide bonds. The number of anilines is 2. The molecule has 3 N–H and O–H groups in total. The summed E-state index contributed by atoms with van der Waals surface area (Å²) in [5.41, 5.74) is 2.77. The molecule has 0 spiro atoms. The van der Waals surface area contributed by atoms with Gasteiger partial charge in [0.15, 0.2) is 0 Å². The van der Waals surface area contributed by atoms with E-state index >= 15 is 0 Å². The minimum atomic E-state index is 0.100. The van der Waals surface area contributed by atoms with E-state index in [0.717, 1.165) is 52.9 Å². The highest BCUT2D eigenvalue weighted by molar-refractivity contribution is 9.10. The van der Waals surface area contributed by atoms with E-state index in [1.54, 1.807) is 0 Å². The van der Waals surface area contributed by atoms with Crippen LogP contribution in [0, 0.1) is 5.92 Å². The fourth-order valence-corrected chi connectivity index (χ4v) is 4.44. The maximum Gasteiger partial charge on any atom is 0.224 e. The van der Waals surface area contributed by atoms with Gasteiger partial charge in [0.2, 0.25) is 5.91 Å². The number of aromatic amines is 1. The molecule has 0 radical (unpaired) electrons. The number of halogens is 1. The lowest BCUT2D eigenvalue weighted by molar-refractivity contribution is -0.116. The number of fused-ring (bicyclic) bond motifs is 1. The van der Waals surface area contributed by atoms with Gasteiger partial charge < -0.3 is 20.5 Å². The standard InChI is InChI=1S/C19H26BrN5O/c1-2-21-13-4-3-7-25(11-13)18-14(20)9-22-19-17(18)15(10-23-19)24-16(26)8-12-5-6-12/h9-10,12-13,21H,2-8,11H2,1H3,(H,22,23)(H,24,26). The number of nitrogens with zero attached hydrogens (tertiary/aromatic N) is 2. The highest BCUT2D eigenvalue weighted by atomic mass is 79.9. The van der Waals surface area contributed by atoms with Crippen LogP contribution in [0.25, 0.3) is 11.0 Å². The number of carbonyl (C=O) groups excluding carboxylic acids is 1. The zero-order valence-electron chi connectivity index (χ0n) is 15.1. The molecule has 1 atom stereocenters. The Labute approximate surface area is 162 Å². The van der Waals surface area contributed by atoms with Gasteiger partial charge in [-0.05, 0) is 54.1 Å². The van der Waals surface area contributed by atoms with Crippen molar-refractivity contribution in [1.29, 1.82) is 0 Å². The number of rotatable bonds is 6. The number of amides is 1. The molecule has 1 saturated heterocycles. The Bertz CT molecular complexity index is 799. The molecule has 4 rings (SSSR count). The molecule has 140 valence electrons. The van der Waals surface area contributed by atoms with Crippen molar-refractivity contribution < 1.29 is 4.79 Å². The molecule has 1 saturated carbocycles. The second kappa shape index (κ2) is 7.56. The van der Waals surface area contributed by atoms with E-state index < -0.39 is 0 Å². The summed E-state index contributed by atoms with van der Waals surface area (Å²) in [6, 6.07) is 0.496. The van der Waals surface area contributed by atoms with Gasteiger partial charge in [0.1, 0.15) is 5.65 Å². The van der Waals surface area contributed by atoms with Crippen molar-refractivity contribution in [2.75, 3.05) is 29.9 Å². The van der Waals surface area contributed by atoms with Crippen molar-refractivity contribution in [3.63, 3.8) is 0 Å². The summed E-state index contributed by atoms with van der Waals surface area (Å²) in [7, 11) is 0. The molecular weight excluding hydrogens is 394 g/mol. The van der Waals surface area contributed by atoms with E-state index in [-0.39, 0.29) is 5.91 Å². The Balaban J connectivity index is 1.65. The highest BCUT2D eigenvalue weighted by Gasteiger charge is 2.27. The molecule has 3 heterocycles. The first-order chi connectivity index (χ1) is 12.7. The van der Waals surface area contributed by atoms with E-state index in [1.807, 2.05) is 12.4 Å². The SMILES string of the molecule is CCNC1CCCN(c2c(Br)cnc3[nH]cc(NC(=O)CC4CC4)c23)C1. The zero-order valence-corrected chi connectivity index (χ0v) is 16.7. The molecule has 2 aromatic heterocycles. The first kappa shape index (κ1) is 17.8. The second-order valence-corrected chi connectivity index (χ2v) is 8.27. The number of pyridine rings is 1. The number of hydrogen-bond donors (Lipinski definition) is 3. The third-order valence-electron chi connectivity index (χ3n) is 5.30. The lowest BCUT2D eigenvalue weighted by Gasteiger charge is -2.35. The summed E-state index contributed by atoms with van der Waals surface area (Å²) in [6.07, 6.45) is 9.05. The van der Waals surface area contributed by atoms with Crippen LogP contribution >= 0.6 is 15.9 Å². The smallest absolute Gasteiger partial charge is 0.224 e. The van der Waals surface area contributed by atoms with Crippen molar-refractivity contribution in [2.45, 2.75) is 45.1 Å². The fraction of sp³-hybridized carbons (Fsp3) is 0.579. The molecule has 2 aliphatic rings. The minimum Gasteiger partial charge on any atom is -0.368 e. The molecule has 2 aromatic rings. The highest BCUT2D eigenvalue weighted by Crippen LogP contribution is 2.39. The molecular formula is C19H26BrN5O. The van der Waals surface area contributed by atoms with Gasteiger partial charge in [0.05, 0.1) is 21.2 Å². The first-order valence-corrected chi connectivity index (χ1v) is 10.4. The molecule has 0 aromatic carbocycles. The summed E-state index contributed by atoms with van der Waals surface area (Å²) in [5, 5.41) is 7.68. The predicted molar refractivity (Wildman–Crippen MR) is 109 cm³/mol. The first-order valence-electron chi connectivity index (χ1n) is 9.59. The van der Waals surface area contributed by atoms with E-state index in [0.29, 0.717) is 18.4 Å². The van der Waals surface area contributed by atoms with Crippen LogP contribution in [0.1, 0.15) is 39.0 Å². The zero-order chi connectivity index (χ0) is 18.1. The molecule has 1 aliphatic carbocycles. The summed E-state index contributed by atoms with van der Waals surface area (Å²) in [4.78, 5) is 22.5. The van der Waals surface area contributed by atoms with Crippen LogP contribution in [0.15, 0.2) is 16.9 Å². The molecule has 6 nitrogen and oxygen atoms in total. The molecule has 26 heavy (non-hydrogen) atoms. The Morgan fingerprint density at radius 3 is 3.04 bits per heavy atom. The number of nitrogens with one attached hydrogen (secondary N) is 3. The van der Waals surface area contributed by atoms with Gasteiger partial charge in [-0.15, -0.1) is 0 Å². The Hall–Kier alpha value is -1.60. The number of carbonyl (C=O) groups is 1. The predicted octanol–water partition coefficient (Wildman–Crippen LogP) is 3.64. The van der Waals surface area contributed by atoms with Crippen molar-refractivity contribution in [3.05, 3.63) is 16.9 Å². The van der Waals surface area contributed by atoms with Crippen LogP contribution < -0.4 is 15.5 Å². The van der Waals surface area contributed by atoms with Crippen LogP contribution in [-0.2, 0) is 4.79 Å². The van der Waals surface area contributed by atoms with Crippen LogP contribution in [0.3, 0.4) is 0 Å². The van der Waals surface area contributed by atoms with E-state index in [9.17, 15) is 4.79 Å². The Morgan fingerprint density at radius 1 is 1.42 bits per heavy atom. The van der Waals surface area contributed by atoms with Gasteiger partial charge in [-0.1, -0.05) is 6.92 Å². The number of hydrogen-bond acceptors (Lipinski definition) is 4. The molecule has 7 heteroatoms. The third kappa shape index (κ3) is 3.74. The lowest BCUT2D eigenvalue weighted by Crippen LogP contribution is -2.45. The molecule has 1 unspecified atom stereocenters. The van der Waals surface area contributed by atoms with E-state index in [2.05, 4.69) is 48.4 Å². The topological polar surface area (TPSA) is 73.1 Å². The average molecular weight is 420 g/mol. The Morgan fingerprint density at radius 2 is 2.27 bits per heavy atom. The quantitative estimate of drug-likeness (QED) is 0.667. The maximum absolute atomic E-state index is 12.3. The summed E-state index contributed by atoms with van der Waals surface area (Å²) in [6.45, 7) is 5.11. The summed E-state index contributed by atoms with van der Waals surface area (Å²) >= 11 is 3.70. The van der Waals surface area contributed by atoms with Crippen molar-refractivity contribution in [1.82, 2.24) is 15.3 Å². The van der Waals surface area contributed by atoms with Crippen molar-refractivity contribution >= 4 is 44.2 Å². The van der Waals surface area contributed by atoms with Crippen LogP contribution in [-0.4, -0.2) is 41.6 Å². The minimum absolute atomic E-state index is 0.100. The van der Waals surface area contributed by atoms with Gasteiger partial charge in [-0.2, -0.15) is 0 Å². The lowest BCUT2D eigenvalue weighted by atomic mass is 10.0. The number of H-pyrrole nitrogens is 1. The van der Waals surface area contributed by atoms with Crippen LogP contribution in [0.2, 0.25) is 0 Å².